The third kappa shape index (κ3) is 4.01. The van der Waals surface area contributed by atoms with Crippen LogP contribution in [-0.4, -0.2) is 24.2 Å². The Morgan fingerprint density at radius 1 is 1.32 bits per heavy atom. The van der Waals surface area contributed by atoms with Gasteiger partial charge in [0.15, 0.2) is 0 Å². The summed E-state index contributed by atoms with van der Waals surface area (Å²) < 4.78 is 11.5. The standard InChI is InChI=1S/C18H27NO3/c1-5-13(3)22-16-11-9-15(10-12-16)19-17(20)18(4,21-6-2)14-7-8-14/h9-14H,5-8H2,1-4H3,(H,19,20)/t13-,18+/m0/s1. The van der Waals surface area contributed by atoms with Gasteiger partial charge in [-0.15, -0.1) is 0 Å². The highest BCUT2D eigenvalue weighted by Gasteiger charge is 2.48. The van der Waals surface area contributed by atoms with Gasteiger partial charge in [0.25, 0.3) is 5.91 Å². The van der Waals surface area contributed by atoms with E-state index in [1.165, 1.54) is 0 Å². The van der Waals surface area contributed by atoms with Crippen molar-refractivity contribution in [2.45, 2.75) is 58.7 Å². The molecule has 22 heavy (non-hydrogen) atoms. The van der Waals surface area contributed by atoms with Gasteiger partial charge in [-0.3, -0.25) is 4.79 Å². The molecule has 2 atom stereocenters. The smallest absolute Gasteiger partial charge is 0.256 e. The van der Waals surface area contributed by atoms with Crippen molar-refractivity contribution in [2.75, 3.05) is 11.9 Å². The lowest BCUT2D eigenvalue weighted by Gasteiger charge is -2.28. The summed E-state index contributed by atoms with van der Waals surface area (Å²) >= 11 is 0. The Hall–Kier alpha value is -1.55. The lowest BCUT2D eigenvalue weighted by atomic mass is 9.99. The molecule has 1 N–H and O–H groups in total. The molecular weight excluding hydrogens is 278 g/mol. The Bertz CT molecular complexity index is 496. The van der Waals surface area contributed by atoms with Gasteiger partial charge in [0.1, 0.15) is 11.4 Å². The summed E-state index contributed by atoms with van der Waals surface area (Å²) in [5.41, 5.74) is 0.0498. The molecule has 0 radical (unpaired) electrons. The molecular formula is C18H27NO3. The minimum Gasteiger partial charge on any atom is -0.491 e. The number of carbonyl (C=O) groups excluding carboxylic acids is 1. The first-order valence-corrected chi connectivity index (χ1v) is 8.21. The number of anilines is 1. The fraction of sp³-hybridized carbons (Fsp3) is 0.611. The van der Waals surface area contributed by atoms with Gasteiger partial charge in [0.2, 0.25) is 0 Å². The fourth-order valence-corrected chi connectivity index (χ4v) is 2.49. The molecule has 0 saturated heterocycles. The molecule has 2 rings (SSSR count). The second-order valence-electron chi connectivity index (χ2n) is 6.13. The molecule has 0 spiro atoms. The maximum atomic E-state index is 12.5. The first-order valence-electron chi connectivity index (χ1n) is 8.21. The number of carbonyl (C=O) groups is 1. The topological polar surface area (TPSA) is 47.6 Å². The molecule has 0 aliphatic heterocycles. The zero-order valence-corrected chi connectivity index (χ0v) is 14.0. The van der Waals surface area contributed by atoms with E-state index in [1.807, 2.05) is 45.0 Å². The highest BCUT2D eigenvalue weighted by Crippen LogP contribution is 2.42. The van der Waals surface area contributed by atoms with Crippen molar-refractivity contribution in [2.24, 2.45) is 5.92 Å². The maximum Gasteiger partial charge on any atom is 0.256 e. The Labute approximate surface area is 133 Å². The van der Waals surface area contributed by atoms with Crippen LogP contribution < -0.4 is 10.1 Å². The van der Waals surface area contributed by atoms with Gasteiger partial charge in [-0.2, -0.15) is 0 Å². The monoisotopic (exact) mass is 305 g/mol. The first kappa shape index (κ1) is 16.8. The van der Waals surface area contributed by atoms with Crippen LogP contribution in [0, 0.1) is 5.92 Å². The largest absolute Gasteiger partial charge is 0.491 e. The van der Waals surface area contributed by atoms with Crippen LogP contribution >= 0.6 is 0 Å². The lowest BCUT2D eigenvalue weighted by molar-refractivity contribution is -0.141. The summed E-state index contributed by atoms with van der Waals surface area (Å²) in [6.45, 7) is 8.49. The number of amides is 1. The van der Waals surface area contributed by atoms with E-state index in [0.29, 0.717) is 12.5 Å². The Morgan fingerprint density at radius 3 is 2.45 bits per heavy atom. The van der Waals surface area contributed by atoms with E-state index < -0.39 is 5.60 Å². The maximum absolute atomic E-state index is 12.5. The number of rotatable bonds is 8. The average molecular weight is 305 g/mol. The van der Waals surface area contributed by atoms with Gasteiger partial charge in [-0.25, -0.2) is 0 Å². The molecule has 1 aromatic rings. The van der Waals surface area contributed by atoms with E-state index in [0.717, 1.165) is 30.7 Å². The van der Waals surface area contributed by atoms with E-state index >= 15 is 0 Å². The lowest BCUT2D eigenvalue weighted by Crippen LogP contribution is -2.44. The minimum absolute atomic E-state index is 0.0626. The zero-order valence-electron chi connectivity index (χ0n) is 14.0. The minimum atomic E-state index is -0.722. The molecule has 4 heteroatoms. The van der Waals surface area contributed by atoms with E-state index in [9.17, 15) is 4.79 Å². The van der Waals surface area contributed by atoms with Crippen molar-refractivity contribution in [1.29, 1.82) is 0 Å². The van der Waals surface area contributed by atoms with Gasteiger partial charge in [-0.05, 0) is 70.2 Å². The second-order valence-corrected chi connectivity index (χ2v) is 6.13. The van der Waals surface area contributed by atoms with Crippen LogP contribution in [0.2, 0.25) is 0 Å². The summed E-state index contributed by atoms with van der Waals surface area (Å²) in [5.74, 6) is 1.09. The number of hydrogen-bond acceptors (Lipinski definition) is 3. The Balaban J connectivity index is 1.99. The number of benzene rings is 1. The molecule has 1 aliphatic carbocycles. The zero-order chi connectivity index (χ0) is 16.2. The van der Waals surface area contributed by atoms with Crippen LogP contribution in [0.5, 0.6) is 5.75 Å². The molecule has 1 amide bonds. The summed E-state index contributed by atoms with van der Waals surface area (Å²) in [6, 6.07) is 7.51. The number of hydrogen-bond donors (Lipinski definition) is 1. The van der Waals surface area contributed by atoms with Crippen LogP contribution in [0.25, 0.3) is 0 Å². The van der Waals surface area contributed by atoms with Crippen LogP contribution in [0.4, 0.5) is 5.69 Å². The number of nitrogens with one attached hydrogen (secondary N) is 1. The van der Waals surface area contributed by atoms with Crippen molar-refractivity contribution < 1.29 is 14.3 Å². The summed E-state index contributed by atoms with van der Waals surface area (Å²) in [4.78, 5) is 12.5. The van der Waals surface area contributed by atoms with E-state index in [2.05, 4.69) is 12.2 Å². The van der Waals surface area contributed by atoms with E-state index in [-0.39, 0.29) is 12.0 Å². The van der Waals surface area contributed by atoms with Crippen LogP contribution in [0.3, 0.4) is 0 Å². The molecule has 0 unspecified atom stereocenters. The van der Waals surface area contributed by atoms with Gasteiger partial charge in [0, 0.05) is 12.3 Å². The van der Waals surface area contributed by atoms with E-state index in [1.54, 1.807) is 0 Å². The predicted octanol–water partition coefficient (Wildman–Crippen LogP) is 4.01. The fourth-order valence-electron chi connectivity index (χ4n) is 2.49. The van der Waals surface area contributed by atoms with E-state index in [4.69, 9.17) is 9.47 Å². The molecule has 1 aliphatic rings. The molecule has 1 aromatic carbocycles. The molecule has 122 valence electrons. The predicted molar refractivity (Wildman–Crippen MR) is 88.2 cm³/mol. The Morgan fingerprint density at radius 2 is 1.95 bits per heavy atom. The van der Waals surface area contributed by atoms with Crippen molar-refractivity contribution in [1.82, 2.24) is 0 Å². The van der Waals surface area contributed by atoms with Crippen LogP contribution in [-0.2, 0) is 9.53 Å². The third-order valence-corrected chi connectivity index (χ3v) is 4.28. The quantitative estimate of drug-likeness (QED) is 0.789. The number of ether oxygens (including phenoxy) is 2. The first-order chi connectivity index (χ1) is 10.5. The van der Waals surface area contributed by atoms with Crippen LogP contribution in [0.15, 0.2) is 24.3 Å². The highest BCUT2D eigenvalue weighted by molar-refractivity contribution is 5.97. The summed E-state index contributed by atoms with van der Waals surface area (Å²) in [7, 11) is 0. The van der Waals surface area contributed by atoms with Gasteiger partial charge < -0.3 is 14.8 Å². The average Bonchev–Trinajstić information content (AvgIpc) is 3.34. The summed E-state index contributed by atoms with van der Waals surface area (Å²) in [6.07, 6.45) is 3.28. The third-order valence-electron chi connectivity index (χ3n) is 4.28. The second kappa shape index (κ2) is 7.14. The normalized spacial score (nSPS) is 18.4. The van der Waals surface area contributed by atoms with Gasteiger partial charge >= 0.3 is 0 Å². The highest BCUT2D eigenvalue weighted by atomic mass is 16.5. The van der Waals surface area contributed by atoms with Crippen molar-refractivity contribution in [3.8, 4) is 5.75 Å². The van der Waals surface area contributed by atoms with Crippen molar-refractivity contribution in [3.63, 3.8) is 0 Å². The van der Waals surface area contributed by atoms with Crippen LogP contribution in [0.1, 0.15) is 47.0 Å². The van der Waals surface area contributed by atoms with Crippen molar-refractivity contribution >= 4 is 11.6 Å². The summed E-state index contributed by atoms with van der Waals surface area (Å²) in [5, 5.41) is 2.96. The molecule has 1 saturated carbocycles. The van der Waals surface area contributed by atoms with Gasteiger partial charge in [-0.1, -0.05) is 6.92 Å². The molecule has 0 heterocycles. The van der Waals surface area contributed by atoms with Crippen molar-refractivity contribution in [3.05, 3.63) is 24.3 Å². The SMILES string of the molecule is CCO[C@@](C)(C(=O)Nc1ccc(O[C@@H](C)CC)cc1)C1CC1. The molecule has 4 nitrogen and oxygen atoms in total. The molecule has 1 fully saturated rings. The van der Waals surface area contributed by atoms with Gasteiger partial charge in [0.05, 0.1) is 6.10 Å². The Kier molecular flexibility index (Phi) is 5.46. The molecule has 0 aromatic heterocycles. The molecule has 0 bridgehead atoms.